The number of carbonyl (C=O) groups is 2. The SMILES string of the molecule is CC1(C)[C@]2(C(=O)N3CCNCC3)CC[C@]1(C)C(=O)C2. The lowest BCUT2D eigenvalue weighted by molar-refractivity contribution is -0.148. The van der Waals surface area contributed by atoms with Crippen LogP contribution in [0.4, 0.5) is 0 Å². The first-order valence-electron chi connectivity index (χ1n) is 7.39. The number of piperazine rings is 1. The fourth-order valence-corrected chi connectivity index (χ4v) is 4.50. The van der Waals surface area contributed by atoms with Crippen LogP contribution >= 0.6 is 0 Å². The Balaban J connectivity index is 1.95. The van der Waals surface area contributed by atoms with E-state index in [1.807, 2.05) is 4.90 Å². The second kappa shape index (κ2) is 3.81. The normalized spacial score (nSPS) is 40.8. The van der Waals surface area contributed by atoms with Crippen LogP contribution in [0.3, 0.4) is 0 Å². The third-order valence-electron chi connectivity index (χ3n) is 6.52. The van der Waals surface area contributed by atoms with Gasteiger partial charge in [0.25, 0.3) is 0 Å². The lowest BCUT2D eigenvalue weighted by atomic mass is 9.64. The molecular weight excluding hydrogens is 240 g/mol. The lowest BCUT2D eigenvalue weighted by Crippen LogP contribution is -2.54. The molecule has 4 nitrogen and oxygen atoms in total. The Kier molecular flexibility index (Phi) is 2.63. The van der Waals surface area contributed by atoms with Crippen molar-refractivity contribution in [1.29, 1.82) is 0 Å². The van der Waals surface area contributed by atoms with E-state index in [2.05, 4.69) is 26.1 Å². The zero-order valence-electron chi connectivity index (χ0n) is 12.2. The molecule has 0 unspecified atom stereocenters. The molecule has 3 fully saturated rings. The number of carbonyl (C=O) groups excluding carboxylic acids is 2. The summed E-state index contributed by atoms with van der Waals surface area (Å²) < 4.78 is 0. The Morgan fingerprint density at radius 1 is 1.16 bits per heavy atom. The molecule has 106 valence electrons. The molecular formula is C15H24N2O2. The highest BCUT2D eigenvalue weighted by Crippen LogP contribution is 2.70. The van der Waals surface area contributed by atoms with Crippen molar-refractivity contribution < 1.29 is 9.59 Å². The minimum Gasteiger partial charge on any atom is -0.340 e. The lowest BCUT2D eigenvalue weighted by Gasteiger charge is -2.42. The van der Waals surface area contributed by atoms with Crippen LogP contribution in [0.2, 0.25) is 0 Å². The van der Waals surface area contributed by atoms with Gasteiger partial charge in [0.15, 0.2) is 0 Å². The molecule has 4 heteroatoms. The van der Waals surface area contributed by atoms with Crippen molar-refractivity contribution in [2.45, 2.75) is 40.0 Å². The molecule has 2 bridgehead atoms. The summed E-state index contributed by atoms with van der Waals surface area (Å²) in [5, 5.41) is 3.28. The average Bonchev–Trinajstić information content (AvgIpc) is 2.69. The summed E-state index contributed by atoms with van der Waals surface area (Å²) in [6.07, 6.45) is 2.21. The van der Waals surface area contributed by atoms with Crippen molar-refractivity contribution in [2.24, 2.45) is 16.2 Å². The summed E-state index contributed by atoms with van der Waals surface area (Å²) >= 11 is 0. The maximum atomic E-state index is 13.0. The molecule has 3 rings (SSSR count). The quantitative estimate of drug-likeness (QED) is 0.774. The molecule has 0 aromatic carbocycles. The third-order valence-corrected chi connectivity index (χ3v) is 6.52. The van der Waals surface area contributed by atoms with Crippen molar-refractivity contribution in [2.75, 3.05) is 26.2 Å². The zero-order chi connectivity index (χ0) is 13.9. The average molecular weight is 264 g/mol. The maximum Gasteiger partial charge on any atom is 0.229 e. The Labute approximate surface area is 114 Å². The van der Waals surface area contributed by atoms with Crippen molar-refractivity contribution in [3.05, 3.63) is 0 Å². The first kappa shape index (κ1) is 13.1. The minimum atomic E-state index is -0.434. The van der Waals surface area contributed by atoms with Gasteiger partial charge in [-0.2, -0.15) is 0 Å². The van der Waals surface area contributed by atoms with Crippen molar-refractivity contribution in [3.8, 4) is 0 Å². The van der Waals surface area contributed by atoms with E-state index in [4.69, 9.17) is 0 Å². The maximum absolute atomic E-state index is 13.0. The number of nitrogens with zero attached hydrogens (tertiary/aromatic N) is 1. The second-order valence-corrected chi connectivity index (χ2v) is 7.18. The van der Waals surface area contributed by atoms with Gasteiger partial charge in [-0.1, -0.05) is 20.8 Å². The fraction of sp³-hybridized carbons (Fsp3) is 0.867. The number of ketones is 1. The molecule has 2 aliphatic carbocycles. The van der Waals surface area contributed by atoms with Crippen molar-refractivity contribution in [3.63, 3.8) is 0 Å². The number of Topliss-reactive ketones (excluding diaryl/α,β-unsaturated/α-hetero) is 1. The zero-order valence-corrected chi connectivity index (χ0v) is 12.2. The molecule has 1 N–H and O–H groups in total. The van der Waals surface area contributed by atoms with E-state index in [0.717, 1.165) is 39.0 Å². The molecule has 1 saturated heterocycles. The Hall–Kier alpha value is -0.900. The first-order valence-corrected chi connectivity index (χ1v) is 7.39. The summed E-state index contributed by atoms with van der Waals surface area (Å²) in [5.41, 5.74) is -0.939. The highest BCUT2D eigenvalue weighted by molar-refractivity contribution is 5.99. The summed E-state index contributed by atoms with van der Waals surface area (Å²) in [7, 11) is 0. The molecule has 2 saturated carbocycles. The van der Waals surface area contributed by atoms with Gasteiger partial charge in [-0.05, 0) is 18.3 Å². The predicted octanol–water partition coefficient (Wildman–Crippen LogP) is 1.20. The van der Waals surface area contributed by atoms with E-state index < -0.39 is 5.41 Å². The van der Waals surface area contributed by atoms with Gasteiger partial charge < -0.3 is 10.2 Å². The van der Waals surface area contributed by atoms with Crippen LogP contribution in [0.1, 0.15) is 40.0 Å². The summed E-state index contributed by atoms with van der Waals surface area (Å²) in [6.45, 7) is 9.62. The number of rotatable bonds is 1. The smallest absolute Gasteiger partial charge is 0.229 e. The second-order valence-electron chi connectivity index (χ2n) is 7.18. The number of hydrogen-bond donors (Lipinski definition) is 1. The van der Waals surface area contributed by atoms with Crippen LogP contribution in [-0.2, 0) is 9.59 Å². The van der Waals surface area contributed by atoms with E-state index >= 15 is 0 Å². The number of amides is 1. The van der Waals surface area contributed by atoms with Gasteiger partial charge in [0.2, 0.25) is 5.91 Å². The highest BCUT2D eigenvalue weighted by Gasteiger charge is 2.72. The summed E-state index contributed by atoms with van der Waals surface area (Å²) in [4.78, 5) is 27.4. The minimum absolute atomic E-state index is 0.209. The first-order chi connectivity index (χ1) is 8.85. The standard InChI is InChI=1S/C15H24N2O2/c1-13(2)14(3)4-5-15(13,10-11(14)18)12(19)17-8-6-16-7-9-17/h16H,4-10H2,1-3H3/t14-,15-/m1/s1. The van der Waals surface area contributed by atoms with Crippen molar-refractivity contribution >= 4 is 11.7 Å². The Morgan fingerprint density at radius 3 is 2.26 bits per heavy atom. The molecule has 3 aliphatic rings. The van der Waals surface area contributed by atoms with Crippen LogP contribution in [0.15, 0.2) is 0 Å². The van der Waals surface area contributed by atoms with Gasteiger partial charge in [0, 0.05) is 38.0 Å². The fourth-order valence-electron chi connectivity index (χ4n) is 4.50. The van der Waals surface area contributed by atoms with Gasteiger partial charge >= 0.3 is 0 Å². The van der Waals surface area contributed by atoms with Gasteiger partial charge in [-0.3, -0.25) is 9.59 Å². The van der Waals surface area contributed by atoms with Crippen LogP contribution in [0.25, 0.3) is 0 Å². The molecule has 1 aliphatic heterocycles. The topological polar surface area (TPSA) is 49.4 Å². The highest BCUT2D eigenvalue weighted by atomic mass is 16.2. The monoisotopic (exact) mass is 264 g/mol. The molecule has 0 aromatic rings. The van der Waals surface area contributed by atoms with E-state index in [1.54, 1.807) is 0 Å². The Bertz CT molecular complexity index is 439. The molecule has 1 heterocycles. The molecule has 0 aromatic heterocycles. The molecule has 0 spiro atoms. The number of hydrogen-bond acceptors (Lipinski definition) is 3. The van der Waals surface area contributed by atoms with E-state index in [1.165, 1.54) is 0 Å². The van der Waals surface area contributed by atoms with Gasteiger partial charge in [0.1, 0.15) is 5.78 Å². The number of nitrogens with one attached hydrogen (secondary N) is 1. The van der Waals surface area contributed by atoms with E-state index in [0.29, 0.717) is 12.2 Å². The Morgan fingerprint density at radius 2 is 1.79 bits per heavy atom. The van der Waals surface area contributed by atoms with E-state index in [-0.39, 0.29) is 16.7 Å². The molecule has 2 atom stereocenters. The predicted molar refractivity (Wildman–Crippen MR) is 72.6 cm³/mol. The van der Waals surface area contributed by atoms with E-state index in [9.17, 15) is 9.59 Å². The molecule has 19 heavy (non-hydrogen) atoms. The van der Waals surface area contributed by atoms with Crippen molar-refractivity contribution in [1.82, 2.24) is 10.2 Å². The largest absolute Gasteiger partial charge is 0.340 e. The summed E-state index contributed by atoms with van der Waals surface area (Å²) in [6, 6.07) is 0. The molecule has 1 amide bonds. The third kappa shape index (κ3) is 1.38. The van der Waals surface area contributed by atoms with Crippen LogP contribution in [0.5, 0.6) is 0 Å². The van der Waals surface area contributed by atoms with Gasteiger partial charge in [-0.15, -0.1) is 0 Å². The van der Waals surface area contributed by atoms with Crippen LogP contribution in [-0.4, -0.2) is 42.8 Å². The number of fused-ring (bicyclic) bond motifs is 2. The van der Waals surface area contributed by atoms with Gasteiger partial charge in [-0.25, -0.2) is 0 Å². The summed E-state index contributed by atoms with van der Waals surface area (Å²) in [5.74, 6) is 0.529. The molecule has 0 radical (unpaired) electrons. The van der Waals surface area contributed by atoms with Crippen LogP contribution < -0.4 is 5.32 Å². The van der Waals surface area contributed by atoms with Crippen LogP contribution in [0, 0.1) is 16.2 Å². The van der Waals surface area contributed by atoms with Gasteiger partial charge in [0.05, 0.1) is 5.41 Å².